The van der Waals surface area contributed by atoms with E-state index in [2.05, 4.69) is 30.2 Å². The molecule has 4 aliphatic rings. The van der Waals surface area contributed by atoms with E-state index in [4.69, 9.17) is 0 Å². The van der Waals surface area contributed by atoms with Crippen molar-refractivity contribution in [2.24, 2.45) is 44.8 Å². The minimum Gasteiger partial charge on any atom is -0.411 e. The van der Waals surface area contributed by atoms with Crippen LogP contribution in [-0.2, 0) is 0 Å². The second-order valence-corrected chi connectivity index (χ2v) is 9.66. The van der Waals surface area contributed by atoms with Gasteiger partial charge in [0.2, 0.25) is 0 Å². The first-order valence-electron chi connectivity index (χ1n) is 10.1. The second-order valence-electron chi connectivity index (χ2n) is 9.66. The van der Waals surface area contributed by atoms with Crippen molar-refractivity contribution in [1.82, 2.24) is 0 Å². The van der Waals surface area contributed by atoms with Crippen LogP contribution in [-0.4, -0.2) is 33.0 Å². The molecule has 5 nitrogen and oxygen atoms in total. The van der Waals surface area contributed by atoms with Crippen LogP contribution in [0.2, 0.25) is 0 Å². The second kappa shape index (κ2) is 6.08. The number of fused-ring (bicyclic) bond motifs is 5. The predicted octanol–water partition coefficient (Wildman–Crippen LogP) is 4.22. The van der Waals surface area contributed by atoms with Gasteiger partial charge < -0.3 is 15.5 Å². The topological polar surface area (TPSA) is 85.4 Å². The van der Waals surface area contributed by atoms with Crippen molar-refractivity contribution in [2.45, 2.75) is 71.8 Å². The average molecular weight is 360 g/mol. The van der Waals surface area contributed by atoms with Crippen LogP contribution in [0.1, 0.15) is 65.7 Å². The van der Waals surface area contributed by atoms with Gasteiger partial charge in [-0.2, -0.15) is 0 Å². The molecular weight excluding hydrogens is 328 g/mol. The van der Waals surface area contributed by atoms with Gasteiger partial charge in [0.1, 0.15) is 0 Å². The van der Waals surface area contributed by atoms with E-state index in [1.807, 2.05) is 6.92 Å². The summed E-state index contributed by atoms with van der Waals surface area (Å²) >= 11 is 0. The molecule has 5 heteroatoms. The van der Waals surface area contributed by atoms with Gasteiger partial charge in [0.15, 0.2) is 0 Å². The van der Waals surface area contributed by atoms with E-state index in [0.29, 0.717) is 11.8 Å². The summed E-state index contributed by atoms with van der Waals surface area (Å²) < 4.78 is 0. The van der Waals surface area contributed by atoms with Gasteiger partial charge in [0, 0.05) is 5.92 Å². The molecule has 3 fully saturated rings. The Bertz CT molecular complexity index is 685. The van der Waals surface area contributed by atoms with Crippen molar-refractivity contribution in [3.63, 3.8) is 0 Å². The van der Waals surface area contributed by atoms with E-state index in [0.717, 1.165) is 49.9 Å². The highest BCUT2D eigenvalue weighted by Crippen LogP contribution is 2.66. The minimum atomic E-state index is -0.324. The van der Waals surface area contributed by atoms with Gasteiger partial charge >= 0.3 is 0 Å². The first-order chi connectivity index (χ1) is 12.3. The van der Waals surface area contributed by atoms with Gasteiger partial charge in [-0.25, -0.2) is 0 Å². The van der Waals surface area contributed by atoms with E-state index in [-0.39, 0.29) is 28.8 Å². The van der Waals surface area contributed by atoms with Crippen molar-refractivity contribution in [1.29, 1.82) is 0 Å². The normalized spacial score (nSPS) is 50.0. The Morgan fingerprint density at radius 1 is 1.15 bits per heavy atom. The fourth-order valence-electron chi connectivity index (χ4n) is 7.53. The maximum Gasteiger partial charge on any atom is 0.0795 e. The van der Waals surface area contributed by atoms with E-state index in [1.165, 1.54) is 12.0 Å². The molecule has 7 atom stereocenters. The maximum atomic E-state index is 11.3. The molecule has 3 N–H and O–H groups in total. The van der Waals surface area contributed by atoms with Crippen LogP contribution in [0.25, 0.3) is 0 Å². The molecule has 0 aromatic heterocycles. The molecule has 0 saturated heterocycles. The SMILES string of the molecule is C/C(=N\O)C1CCC2C3CCC4=C/C(=N\O)CCC4(C)C3C(O)CC12C. The van der Waals surface area contributed by atoms with E-state index in [1.54, 1.807) is 0 Å². The summed E-state index contributed by atoms with van der Waals surface area (Å²) in [6.45, 7) is 6.56. The first kappa shape index (κ1) is 18.0. The molecule has 4 aliphatic carbocycles. The summed E-state index contributed by atoms with van der Waals surface area (Å²) in [6, 6.07) is 0. The lowest BCUT2D eigenvalue weighted by Crippen LogP contribution is -2.57. The highest BCUT2D eigenvalue weighted by Gasteiger charge is 2.62. The van der Waals surface area contributed by atoms with Crippen molar-refractivity contribution in [3.05, 3.63) is 11.6 Å². The summed E-state index contributed by atoms with van der Waals surface area (Å²) in [6.07, 6.45) is 8.66. The lowest BCUT2D eigenvalue weighted by molar-refractivity contribution is -0.121. The number of hydrogen-bond acceptors (Lipinski definition) is 5. The van der Waals surface area contributed by atoms with Crippen LogP contribution >= 0.6 is 0 Å². The highest BCUT2D eigenvalue weighted by atomic mass is 16.4. The Balaban J connectivity index is 1.70. The largest absolute Gasteiger partial charge is 0.411 e. The Morgan fingerprint density at radius 3 is 2.62 bits per heavy atom. The Hall–Kier alpha value is -1.36. The summed E-state index contributed by atoms with van der Waals surface area (Å²) in [5.74, 6) is 1.67. The van der Waals surface area contributed by atoms with E-state index in [9.17, 15) is 15.5 Å². The zero-order chi connectivity index (χ0) is 18.7. The zero-order valence-electron chi connectivity index (χ0n) is 16.1. The van der Waals surface area contributed by atoms with Crippen molar-refractivity contribution < 1.29 is 15.5 Å². The monoisotopic (exact) mass is 360 g/mol. The van der Waals surface area contributed by atoms with Gasteiger partial charge in [0.05, 0.1) is 17.5 Å². The van der Waals surface area contributed by atoms with Crippen LogP contribution in [0.3, 0.4) is 0 Å². The van der Waals surface area contributed by atoms with Gasteiger partial charge in [0.25, 0.3) is 0 Å². The molecule has 0 heterocycles. The third-order valence-corrected chi connectivity index (χ3v) is 8.70. The fourth-order valence-corrected chi connectivity index (χ4v) is 7.53. The summed E-state index contributed by atoms with van der Waals surface area (Å²) in [5, 5.41) is 36.8. The van der Waals surface area contributed by atoms with Crippen LogP contribution in [0.4, 0.5) is 0 Å². The molecule has 0 radical (unpaired) electrons. The number of allylic oxidation sites excluding steroid dienone is 2. The number of aliphatic hydroxyl groups is 1. The molecule has 0 aromatic carbocycles. The standard InChI is InChI=1S/C21H32N2O3/c1-12(22-25)16-6-7-17-15-5-4-13-10-14(23-26)8-9-20(13,2)19(15)18(24)11-21(16,17)3/h10,15-19,24-26H,4-9,11H2,1-3H3/b22-12+,23-14-. The third-order valence-electron chi connectivity index (χ3n) is 8.70. The summed E-state index contributed by atoms with van der Waals surface area (Å²) in [7, 11) is 0. The Labute approximate surface area is 155 Å². The van der Waals surface area contributed by atoms with Crippen LogP contribution in [0, 0.1) is 34.5 Å². The van der Waals surface area contributed by atoms with Gasteiger partial charge in [-0.15, -0.1) is 0 Å². The molecule has 0 aliphatic heterocycles. The summed E-state index contributed by atoms with van der Waals surface area (Å²) in [4.78, 5) is 0. The molecule has 26 heavy (non-hydrogen) atoms. The first-order valence-corrected chi connectivity index (χ1v) is 10.1. The third kappa shape index (κ3) is 2.32. The molecule has 7 unspecified atom stereocenters. The predicted molar refractivity (Wildman–Crippen MR) is 101 cm³/mol. The lowest BCUT2D eigenvalue weighted by atomic mass is 9.46. The molecule has 3 saturated carbocycles. The molecular formula is C21H32N2O3. The highest BCUT2D eigenvalue weighted by molar-refractivity contribution is 5.96. The number of oxime groups is 2. The van der Waals surface area contributed by atoms with Crippen LogP contribution in [0.15, 0.2) is 22.0 Å². The molecule has 0 bridgehead atoms. The van der Waals surface area contributed by atoms with Crippen molar-refractivity contribution in [2.75, 3.05) is 0 Å². The van der Waals surface area contributed by atoms with Crippen molar-refractivity contribution >= 4 is 11.4 Å². The smallest absolute Gasteiger partial charge is 0.0795 e. The molecule has 4 rings (SSSR count). The number of hydrogen-bond donors (Lipinski definition) is 3. The Morgan fingerprint density at radius 2 is 1.92 bits per heavy atom. The molecule has 0 aromatic rings. The molecule has 144 valence electrons. The molecule has 0 spiro atoms. The number of aliphatic hydroxyl groups excluding tert-OH is 1. The average Bonchev–Trinajstić information content (AvgIpc) is 2.96. The van der Waals surface area contributed by atoms with Crippen LogP contribution in [0.5, 0.6) is 0 Å². The van der Waals surface area contributed by atoms with E-state index >= 15 is 0 Å². The number of nitrogens with zero attached hydrogens (tertiary/aromatic N) is 2. The van der Waals surface area contributed by atoms with Gasteiger partial charge in [-0.05, 0) is 86.5 Å². The van der Waals surface area contributed by atoms with Crippen molar-refractivity contribution in [3.8, 4) is 0 Å². The molecule has 0 amide bonds. The lowest BCUT2D eigenvalue weighted by Gasteiger charge is -2.60. The fraction of sp³-hybridized carbons (Fsp3) is 0.810. The van der Waals surface area contributed by atoms with Crippen LogP contribution < -0.4 is 0 Å². The van der Waals surface area contributed by atoms with E-state index < -0.39 is 0 Å². The van der Waals surface area contributed by atoms with Gasteiger partial charge in [-0.3, -0.25) is 0 Å². The zero-order valence-corrected chi connectivity index (χ0v) is 16.1. The summed E-state index contributed by atoms with van der Waals surface area (Å²) in [5.41, 5.74) is 3.01. The Kier molecular flexibility index (Phi) is 4.22. The maximum absolute atomic E-state index is 11.3. The minimum absolute atomic E-state index is 0.00997. The van der Waals surface area contributed by atoms with Gasteiger partial charge in [-0.1, -0.05) is 29.7 Å². The quantitative estimate of drug-likeness (QED) is 0.372. The number of rotatable bonds is 1.